The average molecular weight is 296 g/mol. The Bertz CT molecular complexity index is 196. The van der Waals surface area contributed by atoms with Crippen LogP contribution in [-0.2, 0) is 8.43 Å². The van der Waals surface area contributed by atoms with E-state index in [0.29, 0.717) is 0 Å². The van der Waals surface area contributed by atoms with Crippen LogP contribution in [-0.4, -0.2) is 40.9 Å². The number of hydrogen-bond donors (Lipinski definition) is 0. The SMILES string of the molecule is CCN(CC)CP(O[Si](C)(C)C)O[Si](C)(C)C. The Morgan fingerprint density at radius 3 is 1.41 bits per heavy atom. The van der Waals surface area contributed by atoms with Gasteiger partial charge < -0.3 is 8.43 Å². The third kappa shape index (κ3) is 10.4. The third-order valence-corrected chi connectivity index (χ3v) is 8.60. The predicted octanol–water partition coefficient (Wildman–Crippen LogP) is 4.30. The van der Waals surface area contributed by atoms with Crippen molar-refractivity contribution in [3.05, 3.63) is 0 Å². The van der Waals surface area contributed by atoms with Gasteiger partial charge in [-0.2, -0.15) is 0 Å². The second kappa shape index (κ2) is 7.36. The van der Waals surface area contributed by atoms with Gasteiger partial charge in [-0.3, -0.25) is 4.90 Å². The van der Waals surface area contributed by atoms with Crippen molar-refractivity contribution in [1.29, 1.82) is 0 Å². The van der Waals surface area contributed by atoms with Crippen molar-refractivity contribution in [1.82, 2.24) is 4.90 Å². The molecule has 0 spiro atoms. The van der Waals surface area contributed by atoms with Gasteiger partial charge in [0, 0.05) is 0 Å². The Kier molecular flexibility index (Phi) is 7.68. The van der Waals surface area contributed by atoms with Crippen LogP contribution < -0.4 is 0 Å². The lowest BCUT2D eigenvalue weighted by Crippen LogP contribution is -2.32. The van der Waals surface area contributed by atoms with Crippen molar-refractivity contribution < 1.29 is 8.43 Å². The highest BCUT2D eigenvalue weighted by molar-refractivity contribution is 7.50. The molecule has 0 fully saturated rings. The van der Waals surface area contributed by atoms with Crippen molar-refractivity contribution in [3.8, 4) is 0 Å². The van der Waals surface area contributed by atoms with E-state index in [2.05, 4.69) is 58.0 Å². The van der Waals surface area contributed by atoms with Crippen LogP contribution in [0, 0.1) is 0 Å². The van der Waals surface area contributed by atoms with Gasteiger partial charge in [0.05, 0.1) is 6.29 Å². The van der Waals surface area contributed by atoms with E-state index in [0.717, 1.165) is 19.4 Å². The molecule has 0 N–H and O–H groups in total. The lowest BCUT2D eigenvalue weighted by molar-refractivity contribution is 0.332. The molecule has 0 aromatic heterocycles. The second-order valence-electron chi connectivity index (χ2n) is 6.18. The van der Waals surface area contributed by atoms with Crippen molar-refractivity contribution >= 4 is 25.0 Å². The maximum atomic E-state index is 6.22. The van der Waals surface area contributed by atoms with Gasteiger partial charge in [0.25, 0.3) is 0 Å². The summed E-state index contributed by atoms with van der Waals surface area (Å²) >= 11 is 0. The van der Waals surface area contributed by atoms with Crippen LogP contribution in [0.3, 0.4) is 0 Å². The fraction of sp³-hybridized carbons (Fsp3) is 1.00. The lowest BCUT2D eigenvalue weighted by atomic mass is 10.6. The molecule has 0 bridgehead atoms. The standard InChI is InChI=1S/C11H30NO2PSi2/c1-9-12(10-2)11-15(13-16(3,4)5)14-17(6,7)8/h9-11H2,1-8H3. The summed E-state index contributed by atoms with van der Waals surface area (Å²) in [6, 6.07) is 0. The molecule has 0 atom stereocenters. The van der Waals surface area contributed by atoms with E-state index in [1.54, 1.807) is 0 Å². The van der Waals surface area contributed by atoms with E-state index in [1.807, 2.05) is 0 Å². The minimum absolute atomic E-state index is 0.738. The molecule has 0 aromatic carbocycles. The third-order valence-electron chi connectivity index (χ3n) is 1.96. The van der Waals surface area contributed by atoms with Crippen molar-refractivity contribution in [2.75, 3.05) is 19.4 Å². The largest absolute Gasteiger partial charge is 0.375 e. The van der Waals surface area contributed by atoms with Crippen LogP contribution in [0.25, 0.3) is 0 Å². The Morgan fingerprint density at radius 1 is 0.824 bits per heavy atom. The summed E-state index contributed by atoms with van der Waals surface area (Å²) in [6.07, 6.45) is 0.955. The van der Waals surface area contributed by atoms with Gasteiger partial charge in [0.1, 0.15) is 0 Å². The minimum Gasteiger partial charge on any atom is -0.375 e. The molecule has 0 saturated carbocycles. The summed E-state index contributed by atoms with van der Waals surface area (Å²) in [6.45, 7) is 19.9. The van der Waals surface area contributed by atoms with E-state index in [1.165, 1.54) is 0 Å². The summed E-state index contributed by atoms with van der Waals surface area (Å²) in [5.41, 5.74) is 0. The second-order valence-corrected chi connectivity index (χ2v) is 17.0. The van der Waals surface area contributed by atoms with E-state index in [-0.39, 0.29) is 0 Å². The first-order valence-corrected chi connectivity index (χ1v) is 14.6. The Morgan fingerprint density at radius 2 is 1.18 bits per heavy atom. The maximum Gasteiger partial charge on any atom is 0.191 e. The van der Waals surface area contributed by atoms with Crippen LogP contribution in [0.2, 0.25) is 39.3 Å². The van der Waals surface area contributed by atoms with Crippen molar-refractivity contribution in [2.24, 2.45) is 0 Å². The molecule has 0 aliphatic heterocycles. The van der Waals surface area contributed by atoms with Crippen molar-refractivity contribution in [3.63, 3.8) is 0 Å². The monoisotopic (exact) mass is 295 g/mol. The quantitative estimate of drug-likeness (QED) is 0.492. The topological polar surface area (TPSA) is 21.7 Å². The molecule has 6 heteroatoms. The van der Waals surface area contributed by atoms with Crippen LogP contribution >= 0.6 is 8.38 Å². The zero-order valence-electron chi connectivity index (χ0n) is 12.8. The molecule has 0 saturated heterocycles. The molecule has 0 aromatic rings. The molecule has 104 valence electrons. The highest BCUT2D eigenvalue weighted by Crippen LogP contribution is 2.44. The number of nitrogens with zero attached hydrogens (tertiary/aromatic N) is 1. The molecule has 0 rings (SSSR count). The van der Waals surface area contributed by atoms with E-state index in [9.17, 15) is 0 Å². The summed E-state index contributed by atoms with van der Waals surface area (Å²) < 4.78 is 12.4. The zero-order chi connectivity index (χ0) is 13.7. The van der Waals surface area contributed by atoms with Gasteiger partial charge in [-0.05, 0) is 52.4 Å². The molecule has 0 aliphatic rings. The summed E-state index contributed by atoms with van der Waals surface area (Å²) in [4.78, 5) is 2.39. The fourth-order valence-corrected chi connectivity index (χ4v) is 7.83. The zero-order valence-corrected chi connectivity index (χ0v) is 15.7. The smallest absolute Gasteiger partial charge is 0.191 e. The van der Waals surface area contributed by atoms with Crippen LogP contribution in [0.15, 0.2) is 0 Å². The summed E-state index contributed by atoms with van der Waals surface area (Å²) in [5, 5.41) is 0. The van der Waals surface area contributed by atoms with Gasteiger partial charge in [-0.15, -0.1) is 0 Å². The number of rotatable bonds is 8. The van der Waals surface area contributed by atoms with Gasteiger partial charge in [0.15, 0.2) is 25.0 Å². The molecule has 0 unspecified atom stereocenters. The van der Waals surface area contributed by atoms with Gasteiger partial charge >= 0.3 is 0 Å². The van der Waals surface area contributed by atoms with E-state index in [4.69, 9.17) is 8.43 Å². The van der Waals surface area contributed by atoms with Gasteiger partial charge in [-0.1, -0.05) is 13.8 Å². The minimum atomic E-state index is -1.51. The molecule has 3 nitrogen and oxygen atoms in total. The predicted molar refractivity (Wildman–Crippen MR) is 83.6 cm³/mol. The van der Waals surface area contributed by atoms with Crippen molar-refractivity contribution in [2.45, 2.75) is 53.1 Å². The normalized spacial score (nSPS) is 13.8. The fourth-order valence-electron chi connectivity index (χ4n) is 1.27. The highest BCUT2D eigenvalue weighted by atomic mass is 31.2. The molecule has 0 aliphatic carbocycles. The molecule has 17 heavy (non-hydrogen) atoms. The average Bonchev–Trinajstić information content (AvgIpc) is 2.08. The first-order valence-electron chi connectivity index (χ1n) is 6.45. The Balaban J connectivity index is 4.50. The molecular weight excluding hydrogens is 265 g/mol. The molecular formula is C11H30NO2PSi2. The Labute approximate surface area is 111 Å². The Hall–Kier alpha value is 0.744. The van der Waals surface area contributed by atoms with E-state index < -0.39 is 25.0 Å². The maximum absolute atomic E-state index is 6.22. The first-order chi connectivity index (χ1) is 7.57. The highest BCUT2D eigenvalue weighted by Gasteiger charge is 2.28. The van der Waals surface area contributed by atoms with Crippen LogP contribution in [0.1, 0.15) is 13.8 Å². The van der Waals surface area contributed by atoms with Gasteiger partial charge in [0.2, 0.25) is 0 Å². The van der Waals surface area contributed by atoms with Crippen LogP contribution in [0.5, 0.6) is 0 Å². The first kappa shape index (κ1) is 17.7. The molecule has 0 heterocycles. The summed E-state index contributed by atoms with van der Waals surface area (Å²) in [5.74, 6) is 0. The lowest BCUT2D eigenvalue weighted by Gasteiger charge is -2.33. The molecule has 0 amide bonds. The van der Waals surface area contributed by atoms with Gasteiger partial charge in [-0.25, -0.2) is 0 Å². The van der Waals surface area contributed by atoms with Crippen LogP contribution in [0.4, 0.5) is 0 Å². The molecule has 0 radical (unpaired) electrons. The van der Waals surface area contributed by atoms with E-state index >= 15 is 0 Å². The summed E-state index contributed by atoms with van der Waals surface area (Å²) in [7, 11) is -3.76. The number of hydrogen-bond acceptors (Lipinski definition) is 3.